The van der Waals surface area contributed by atoms with Crippen LogP contribution < -0.4 is 16.0 Å². The maximum atomic E-state index is 12.5. The van der Waals surface area contributed by atoms with Crippen molar-refractivity contribution in [1.29, 1.82) is 0 Å². The number of benzene rings is 1. The smallest absolute Gasteiger partial charge is 0.412 e. The van der Waals surface area contributed by atoms with E-state index in [0.717, 1.165) is 31.2 Å². The van der Waals surface area contributed by atoms with Gasteiger partial charge in [-0.2, -0.15) is 4.98 Å². The van der Waals surface area contributed by atoms with E-state index < -0.39 is 12.2 Å². The Balaban J connectivity index is 1.57. The SMILES string of the molecule is C[C@H](Nc1nccc(NC(=O)OCC[C@@H](C)O)n1)c1ccc(C(=O)NC2CCCC2)c(Cl)c1. The maximum Gasteiger partial charge on any atom is 0.412 e. The summed E-state index contributed by atoms with van der Waals surface area (Å²) in [7, 11) is 0. The fourth-order valence-electron chi connectivity index (χ4n) is 3.56. The molecule has 1 saturated carbocycles. The third-order valence-electron chi connectivity index (χ3n) is 5.43. The Kier molecular flexibility index (Phi) is 8.85. The number of rotatable bonds is 9. The second-order valence-corrected chi connectivity index (χ2v) is 8.63. The Hall–Kier alpha value is -2.91. The number of ether oxygens (including phenoxy) is 1. The molecule has 33 heavy (non-hydrogen) atoms. The van der Waals surface area contributed by atoms with Crippen molar-refractivity contribution in [3.63, 3.8) is 0 Å². The van der Waals surface area contributed by atoms with Gasteiger partial charge in [0.25, 0.3) is 5.91 Å². The Morgan fingerprint density at radius 2 is 2.00 bits per heavy atom. The van der Waals surface area contributed by atoms with Gasteiger partial charge in [0.2, 0.25) is 5.95 Å². The molecule has 2 aromatic rings. The molecule has 0 unspecified atom stereocenters. The first-order valence-electron chi connectivity index (χ1n) is 11.1. The van der Waals surface area contributed by atoms with Crippen molar-refractivity contribution < 1.29 is 19.4 Å². The zero-order valence-electron chi connectivity index (χ0n) is 18.8. The van der Waals surface area contributed by atoms with Gasteiger partial charge in [0.05, 0.1) is 29.3 Å². The second-order valence-electron chi connectivity index (χ2n) is 8.22. The number of aliphatic hydroxyl groups excluding tert-OH is 1. The van der Waals surface area contributed by atoms with Crippen LogP contribution >= 0.6 is 11.6 Å². The van der Waals surface area contributed by atoms with Crippen molar-refractivity contribution in [3.05, 3.63) is 46.6 Å². The van der Waals surface area contributed by atoms with Crippen LogP contribution in [0, 0.1) is 0 Å². The van der Waals surface area contributed by atoms with Crippen molar-refractivity contribution in [2.45, 2.75) is 64.1 Å². The summed E-state index contributed by atoms with van der Waals surface area (Å²) in [5.41, 5.74) is 1.31. The quantitative estimate of drug-likeness (QED) is 0.426. The van der Waals surface area contributed by atoms with E-state index >= 15 is 0 Å². The maximum absolute atomic E-state index is 12.5. The van der Waals surface area contributed by atoms with Gasteiger partial charge >= 0.3 is 6.09 Å². The van der Waals surface area contributed by atoms with Gasteiger partial charge in [0, 0.05) is 18.7 Å². The molecule has 1 aliphatic carbocycles. The summed E-state index contributed by atoms with van der Waals surface area (Å²) in [6.45, 7) is 3.64. The van der Waals surface area contributed by atoms with E-state index in [2.05, 4.69) is 25.9 Å². The summed E-state index contributed by atoms with van der Waals surface area (Å²) in [5, 5.41) is 18.3. The summed E-state index contributed by atoms with van der Waals surface area (Å²) in [6.07, 6.45) is 4.96. The highest BCUT2D eigenvalue weighted by atomic mass is 35.5. The van der Waals surface area contributed by atoms with Gasteiger partial charge in [0.1, 0.15) is 5.82 Å². The first-order valence-corrected chi connectivity index (χ1v) is 11.5. The number of carbonyl (C=O) groups is 2. The highest BCUT2D eigenvalue weighted by molar-refractivity contribution is 6.33. The monoisotopic (exact) mass is 475 g/mol. The molecule has 4 N–H and O–H groups in total. The predicted octanol–water partition coefficient (Wildman–Crippen LogP) is 4.29. The van der Waals surface area contributed by atoms with Gasteiger partial charge in [-0.1, -0.05) is 30.5 Å². The van der Waals surface area contributed by atoms with Crippen molar-refractivity contribution in [2.24, 2.45) is 0 Å². The van der Waals surface area contributed by atoms with Crippen LogP contribution in [0.2, 0.25) is 5.02 Å². The molecule has 9 nitrogen and oxygen atoms in total. The normalized spacial score (nSPS) is 15.5. The van der Waals surface area contributed by atoms with E-state index in [9.17, 15) is 14.7 Å². The summed E-state index contributed by atoms with van der Waals surface area (Å²) in [4.78, 5) is 32.8. The molecule has 0 radical (unpaired) electrons. The third-order valence-corrected chi connectivity index (χ3v) is 5.74. The summed E-state index contributed by atoms with van der Waals surface area (Å²) in [6, 6.07) is 6.88. The third kappa shape index (κ3) is 7.57. The van der Waals surface area contributed by atoms with E-state index in [-0.39, 0.29) is 30.4 Å². The standard InChI is InChI=1S/C23H30ClN5O4/c1-14(30)10-12-33-23(32)29-20-9-11-25-22(28-20)26-15(2)16-7-8-18(19(24)13-16)21(31)27-17-5-3-4-6-17/h7-9,11,13-15,17,30H,3-6,10,12H2,1-2H3,(H,27,31)(H2,25,26,28,29,32)/t14-,15+/m1/s1. The molecular weight excluding hydrogens is 446 g/mol. The van der Waals surface area contributed by atoms with Crippen LogP contribution in [0.15, 0.2) is 30.5 Å². The van der Waals surface area contributed by atoms with E-state index in [1.54, 1.807) is 25.1 Å². The molecule has 0 bridgehead atoms. The lowest BCUT2D eigenvalue weighted by molar-refractivity contribution is 0.0937. The van der Waals surface area contributed by atoms with Gasteiger partial charge in [-0.05, 0) is 50.5 Å². The van der Waals surface area contributed by atoms with Gasteiger partial charge in [-0.15, -0.1) is 0 Å². The number of hydrogen-bond acceptors (Lipinski definition) is 7. The summed E-state index contributed by atoms with van der Waals surface area (Å²) < 4.78 is 4.99. The van der Waals surface area contributed by atoms with Gasteiger partial charge < -0.3 is 20.5 Å². The molecule has 1 aromatic carbocycles. The molecule has 178 valence electrons. The molecule has 0 aliphatic heterocycles. The number of carbonyl (C=O) groups excluding carboxylic acids is 2. The fraction of sp³-hybridized carbons (Fsp3) is 0.478. The van der Waals surface area contributed by atoms with E-state index in [1.165, 1.54) is 6.20 Å². The zero-order chi connectivity index (χ0) is 23.8. The molecule has 1 heterocycles. The molecule has 0 saturated heterocycles. The predicted molar refractivity (Wildman–Crippen MR) is 127 cm³/mol. The first-order chi connectivity index (χ1) is 15.8. The molecule has 1 fully saturated rings. The number of anilines is 2. The Morgan fingerprint density at radius 3 is 2.70 bits per heavy atom. The molecule has 1 aromatic heterocycles. The van der Waals surface area contributed by atoms with Crippen LogP contribution in [0.5, 0.6) is 0 Å². The lowest BCUT2D eigenvalue weighted by atomic mass is 10.1. The molecule has 1 aliphatic rings. The van der Waals surface area contributed by atoms with Crippen LogP contribution in [0.1, 0.15) is 67.9 Å². The lowest BCUT2D eigenvalue weighted by Gasteiger charge is -2.17. The largest absolute Gasteiger partial charge is 0.449 e. The van der Waals surface area contributed by atoms with Crippen LogP contribution in [0.4, 0.5) is 16.6 Å². The minimum atomic E-state index is -0.661. The van der Waals surface area contributed by atoms with Gasteiger partial charge in [0.15, 0.2) is 0 Å². The molecule has 0 spiro atoms. The van der Waals surface area contributed by atoms with E-state index in [1.807, 2.05) is 13.0 Å². The minimum Gasteiger partial charge on any atom is -0.449 e. The average Bonchev–Trinajstić information content (AvgIpc) is 3.26. The van der Waals surface area contributed by atoms with Crippen molar-refractivity contribution in [3.8, 4) is 0 Å². The van der Waals surface area contributed by atoms with Crippen LogP contribution in [-0.2, 0) is 4.74 Å². The van der Waals surface area contributed by atoms with Crippen molar-refractivity contribution in [2.75, 3.05) is 17.2 Å². The zero-order valence-corrected chi connectivity index (χ0v) is 19.6. The number of halogens is 1. The number of hydrogen-bond donors (Lipinski definition) is 4. The lowest BCUT2D eigenvalue weighted by Crippen LogP contribution is -2.32. The summed E-state index contributed by atoms with van der Waals surface area (Å²) >= 11 is 6.40. The average molecular weight is 476 g/mol. The topological polar surface area (TPSA) is 125 Å². The highest BCUT2D eigenvalue weighted by Gasteiger charge is 2.20. The molecule has 10 heteroatoms. The van der Waals surface area contributed by atoms with Crippen molar-refractivity contribution >= 4 is 35.4 Å². The van der Waals surface area contributed by atoms with Crippen molar-refractivity contribution in [1.82, 2.24) is 15.3 Å². The Morgan fingerprint density at radius 1 is 1.24 bits per heavy atom. The van der Waals surface area contributed by atoms with Crippen LogP contribution in [0.25, 0.3) is 0 Å². The second kappa shape index (κ2) is 11.8. The van der Waals surface area contributed by atoms with Crippen LogP contribution in [-0.4, -0.2) is 45.8 Å². The number of amides is 2. The Bertz CT molecular complexity index is 966. The molecular formula is C23H30ClN5O4. The number of nitrogens with one attached hydrogen (secondary N) is 3. The minimum absolute atomic E-state index is 0.103. The molecule has 2 atom stereocenters. The molecule has 3 rings (SSSR count). The van der Waals surface area contributed by atoms with E-state index in [0.29, 0.717) is 23.0 Å². The number of nitrogens with zero attached hydrogens (tertiary/aromatic N) is 2. The summed E-state index contributed by atoms with van der Waals surface area (Å²) in [5.74, 6) is 0.434. The fourth-order valence-corrected chi connectivity index (χ4v) is 3.83. The number of aliphatic hydroxyl groups is 1. The van der Waals surface area contributed by atoms with E-state index in [4.69, 9.17) is 16.3 Å². The highest BCUT2D eigenvalue weighted by Crippen LogP contribution is 2.25. The number of aromatic nitrogens is 2. The molecule has 2 amide bonds. The Labute approximate surface area is 198 Å². The first kappa shape index (κ1) is 24.7. The van der Waals surface area contributed by atoms with Gasteiger partial charge in [-0.3, -0.25) is 10.1 Å². The van der Waals surface area contributed by atoms with Crippen LogP contribution in [0.3, 0.4) is 0 Å². The van der Waals surface area contributed by atoms with Gasteiger partial charge in [-0.25, -0.2) is 9.78 Å².